The van der Waals surface area contributed by atoms with Crippen LogP contribution in [0.3, 0.4) is 0 Å². The summed E-state index contributed by atoms with van der Waals surface area (Å²) < 4.78 is 10.5. The van der Waals surface area contributed by atoms with Crippen molar-refractivity contribution < 1.29 is 18.7 Å². The molecule has 164 valence electrons. The van der Waals surface area contributed by atoms with E-state index in [-0.39, 0.29) is 23.7 Å². The zero-order valence-corrected chi connectivity index (χ0v) is 17.8. The van der Waals surface area contributed by atoms with Crippen molar-refractivity contribution in [3.63, 3.8) is 0 Å². The van der Waals surface area contributed by atoms with Crippen LogP contribution in [0, 0.1) is 11.8 Å². The maximum atomic E-state index is 13.3. The number of allylic oxidation sites excluding steroid dienone is 2. The van der Waals surface area contributed by atoms with Crippen molar-refractivity contribution in [3.05, 3.63) is 60.6 Å². The van der Waals surface area contributed by atoms with Crippen LogP contribution >= 0.6 is 0 Å². The predicted octanol–water partition coefficient (Wildman–Crippen LogP) is 2.84. The van der Waals surface area contributed by atoms with E-state index in [0.717, 1.165) is 24.5 Å². The van der Waals surface area contributed by atoms with E-state index in [2.05, 4.69) is 10.2 Å². The SMILES string of the molecule is COc1ccc(N2CCN(C(=O)C3CC=CCC3C(=O)NCc3ccco3)CC2)cc1. The van der Waals surface area contributed by atoms with Gasteiger partial charge in [-0.25, -0.2) is 0 Å². The Morgan fingerprint density at radius 3 is 2.39 bits per heavy atom. The topological polar surface area (TPSA) is 75.0 Å². The van der Waals surface area contributed by atoms with Crippen molar-refractivity contribution in [2.75, 3.05) is 38.2 Å². The number of piperazine rings is 1. The van der Waals surface area contributed by atoms with E-state index in [4.69, 9.17) is 9.15 Å². The Kier molecular flexibility index (Phi) is 6.60. The number of carbonyl (C=O) groups is 2. The van der Waals surface area contributed by atoms with Crippen molar-refractivity contribution >= 4 is 17.5 Å². The largest absolute Gasteiger partial charge is 0.497 e. The summed E-state index contributed by atoms with van der Waals surface area (Å²) >= 11 is 0. The smallest absolute Gasteiger partial charge is 0.226 e. The minimum absolute atomic E-state index is 0.0804. The zero-order chi connectivity index (χ0) is 21.6. The molecular formula is C24H29N3O4. The molecule has 1 aromatic carbocycles. The van der Waals surface area contributed by atoms with Crippen LogP contribution < -0.4 is 15.0 Å². The van der Waals surface area contributed by atoms with Crippen molar-refractivity contribution in [2.45, 2.75) is 19.4 Å². The molecule has 1 N–H and O–H groups in total. The molecule has 0 spiro atoms. The third kappa shape index (κ3) is 4.93. The Balaban J connectivity index is 1.34. The van der Waals surface area contributed by atoms with Crippen LogP contribution in [0.25, 0.3) is 0 Å². The van der Waals surface area contributed by atoms with E-state index in [0.29, 0.717) is 38.2 Å². The number of rotatable bonds is 6. The van der Waals surface area contributed by atoms with E-state index in [9.17, 15) is 9.59 Å². The molecule has 0 bridgehead atoms. The standard InChI is InChI=1S/C24H29N3O4/c1-30-19-10-8-18(9-11-19)26-12-14-27(15-13-26)24(29)22-7-3-2-6-21(22)23(28)25-17-20-5-4-16-31-20/h2-5,8-11,16,21-22H,6-7,12-15,17H2,1H3,(H,25,28). The second-order valence-corrected chi connectivity index (χ2v) is 7.96. The molecule has 1 aliphatic heterocycles. The van der Waals surface area contributed by atoms with Gasteiger partial charge in [-0.05, 0) is 49.2 Å². The first kappa shape index (κ1) is 21.0. The highest BCUT2D eigenvalue weighted by Gasteiger charge is 2.37. The molecule has 1 saturated heterocycles. The molecule has 7 heteroatoms. The van der Waals surface area contributed by atoms with Crippen LogP contribution in [0.15, 0.2) is 59.2 Å². The highest BCUT2D eigenvalue weighted by atomic mass is 16.5. The highest BCUT2D eigenvalue weighted by molar-refractivity contribution is 5.88. The average Bonchev–Trinajstić information content (AvgIpc) is 3.36. The van der Waals surface area contributed by atoms with Gasteiger partial charge in [-0.2, -0.15) is 0 Å². The van der Waals surface area contributed by atoms with Gasteiger partial charge in [-0.1, -0.05) is 12.2 Å². The van der Waals surface area contributed by atoms with Crippen LogP contribution in [-0.2, 0) is 16.1 Å². The number of carbonyl (C=O) groups excluding carboxylic acids is 2. The first-order chi connectivity index (χ1) is 15.2. The fraction of sp³-hybridized carbons (Fsp3) is 0.417. The minimum Gasteiger partial charge on any atom is -0.497 e. The molecule has 31 heavy (non-hydrogen) atoms. The molecular weight excluding hydrogens is 394 g/mol. The summed E-state index contributed by atoms with van der Waals surface area (Å²) in [5.41, 5.74) is 1.13. The number of ether oxygens (including phenoxy) is 1. The normalized spacial score (nSPS) is 21.1. The van der Waals surface area contributed by atoms with Gasteiger partial charge in [0, 0.05) is 31.9 Å². The first-order valence-electron chi connectivity index (χ1n) is 10.8. The van der Waals surface area contributed by atoms with E-state index in [1.165, 1.54) is 0 Å². The van der Waals surface area contributed by atoms with Gasteiger partial charge in [-0.3, -0.25) is 9.59 Å². The Morgan fingerprint density at radius 1 is 1.03 bits per heavy atom. The summed E-state index contributed by atoms with van der Waals surface area (Å²) in [6.45, 7) is 3.21. The lowest BCUT2D eigenvalue weighted by Crippen LogP contribution is -2.52. The molecule has 1 aromatic heterocycles. The Labute approximate surface area is 182 Å². The Hall–Kier alpha value is -3.22. The number of amides is 2. The van der Waals surface area contributed by atoms with E-state index < -0.39 is 0 Å². The van der Waals surface area contributed by atoms with Crippen LogP contribution in [0.4, 0.5) is 5.69 Å². The maximum Gasteiger partial charge on any atom is 0.226 e. The van der Waals surface area contributed by atoms with Gasteiger partial charge in [0.2, 0.25) is 11.8 Å². The number of hydrogen-bond acceptors (Lipinski definition) is 5. The summed E-state index contributed by atoms with van der Waals surface area (Å²) in [6.07, 6.45) is 6.81. The summed E-state index contributed by atoms with van der Waals surface area (Å²) in [6, 6.07) is 11.6. The first-order valence-corrected chi connectivity index (χ1v) is 10.8. The Bertz CT molecular complexity index is 899. The average molecular weight is 424 g/mol. The van der Waals surface area contributed by atoms with Gasteiger partial charge in [0.25, 0.3) is 0 Å². The number of hydrogen-bond donors (Lipinski definition) is 1. The van der Waals surface area contributed by atoms with E-state index in [1.807, 2.05) is 47.4 Å². The molecule has 0 radical (unpaired) electrons. The monoisotopic (exact) mass is 423 g/mol. The van der Waals surface area contributed by atoms with Gasteiger partial charge in [0.15, 0.2) is 0 Å². The van der Waals surface area contributed by atoms with Crippen molar-refractivity contribution in [1.82, 2.24) is 10.2 Å². The number of methoxy groups -OCH3 is 1. The number of benzene rings is 1. The summed E-state index contributed by atoms with van der Waals surface area (Å²) in [5, 5.41) is 2.92. The number of nitrogens with zero attached hydrogens (tertiary/aromatic N) is 2. The highest BCUT2D eigenvalue weighted by Crippen LogP contribution is 2.29. The van der Waals surface area contributed by atoms with Crippen LogP contribution in [-0.4, -0.2) is 50.0 Å². The molecule has 4 rings (SSSR count). The van der Waals surface area contributed by atoms with Gasteiger partial charge in [0.05, 0.1) is 31.8 Å². The summed E-state index contributed by atoms with van der Waals surface area (Å²) in [7, 11) is 1.66. The summed E-state index contributed by atoms with van der Waals surface area (Å²) in [4.78, 5) is 30.3. The number of furan rings is 1. The molecule has 7 nitrogen and oxygen atoms in total. The second-order valence-electron chi connectivity index (χ2n) is 7.96. The summed E-state index contributed by atoms with van der Waals surface area (Å²) in [5.74, 6) is 0.880. The maximum absolute atomic E-state index is 13.3. The van der Waals surface area contributed by atoms with Crippen LogP contribution in [0.1, 0.15) is 18.6 Å². The molecule has 2 aromatic rings. The molecule has 0 saturated carbocycles. The lowest BCUT2D eigenvalue weighted by molar-refractivity contribution is -0.142. The van der Waals surface area contributed by atoms with Crippen LogP contribution in [0.2, 0.25) is 0 Å². The molecule has 1 fully saturated rings. The van der Waals surface area contributed by atoms with E-state index >= 15 is 0 Å². The zero-order valence-electron chi connectivity index (χ0n) is 17.8. The van der Waals surface area contributed by atoms with Crippen molar-refractivity contribution in [3.8, 4) is 5.75 Å². The van der Waals surface area contributed by atoms with Crippen molar-refractivity contribution in [1.29, 1.82) is 0 Å². The quantitative estimate of drug-likeness (QED) is 0.724. The fourth-order valence-electron chi connectivity index (χ4n) is 4.31. The van der Waals surface area contributed by atoms with Crippen LogP contribution in [0.5, 0.6) is 5.75 Å². The van der Waals surface area contributed by atoms with E-state index in [1.54, 1.807) is 19.4 Å². The fourth-order valence-corrected chi connectivity index (χ4v) is 4.31. The molecule has 1 aliphatic carbocycles. The van der Waals surface area contributed by atoms with Gasteiger partial charge in [-0.15, -0.1) is 0 Å². The molecule has 2 aliphatic rings. The number of anilines is 1. The lowest BCUT2D eigenvalue weighted by atomic mass is 9.81. The van der Waals surface area contributed by atoms with Gasteiger partial charge < -0.3 is 24.3 Å². The number of nitrogens with one attached hydrogen (secondary N) is 1. The molecule has 2 unspecified atom stereocenters. The van der Waals surface area contributed by atoms with Gasteiger partial charge >= 0.3 is 0 Å². The molecule has 2 heterocycles. The lowest BCUT2D eigenvalue weighted by Gasteiger charge is -2.39. The second kappa shape index (κ2) is 9.73. The van der Waals surface area contributed by atoms with Crippen molar-refractivity contribution in [2.24, 2.45) is 11.8 Å². The van der Waals surface area contributed by atoms with Gasteiger partial charge in [0.1, 0.15) is 11.5 Å². The predicted molar refractivity (Wildman–Crippen MR) is 118 cm³/mol. The third-order valence-corrected chi connectivity index (χ3v) is 6.13. The molecule has 2 amide bonds. The Morgan fingerprint density at radius 2 is 1.74 bits per heavy atom. The molecule has 2 atom stereocenters. The minimum atomic E-state index is -0.341. The third-order valence-electron chi connectivity index (χ3n) is 6.13.